The molecule has 112 valence electrons. The first-order chi connectivity index (χ1) is 9.49. The van der Waals surface area contributed by atoms with E-state index in [1.165, 1.54) is 13.4 Å². The van der Waals surface area contributed by atoms with E-state index in [2.05, 4.69) is 5.32 Å². The molecule has 2 rings (SSSR count). The van der Waals surface area contributed by atoms with E-state index in [1.54, 1.807) is 13.2 Å². The Morgan fingerprint density at radius 3 is 2.20 bits per heavy atom. The van der Waals surface area contributed by atoms with Crippen LogP contribution < -0.4 is 14.8 Å². The van der Waals surface area contributed by atoms with Crippen LogP contribution in [-0.2, 0) is 9.84 Å². The van der Waals surface area contributed by atoms with E-state index in [1.807, 2.05) is 6.07 Å². The van der Waals surface area contributed by atoms with Crippen molar-refractivity contribution in [3.8, 4) is 11.5 Å². The highest BCUT2D eigenvalue weighted by molar-refractivity contribution is 7.90. The molecule has 1 saturated heterocycles. The van der Waals surface area contributed by atoms with Crippen molar-refractivity contribution in [3.63, 3.8) is 0 Å². The molecule has 1 aromatic rings. The SMILES string of the molecule is COc1c(C2CCNCC2)ccc(S(C)(=O)=O)c1OC. The molecule has 1 N–H and O–H groups in total. The molecule has 5 nitrogen and oxygen atoms in total. The summed E-state index contributed by atoms with van der Waals surface area (Å²) in [4.78, 5) is 0.175. The Morgan fingerprint density at radius 2 is 1.70 bits per heavy atom. The topological polar surface area (TPSA) is 64.6 Å². The second-order valence-electron chi connectivity index (χ2n) is 5.02. The number of benzene rings is 1. The van der Waals surface area contributed by atoms with Crippen LogP contribution >= 0.6 is 0 Å². The van der Waals surface area contributed by atoms with Crippen LogP contribution in [0.4, 0.5) is 0 Å². The van der Waals surface area contributed by atoms with Gasteiger partial charge in [-0.15, -0.1) is 0 Å². The zero-order valence-electron chi connectivity index (χ0n) is 12.1. The fourth-order valence-electron chi connectivity index (χ4n) is 2.71. The lowest BCUT2D eigenvalue weighted by Gasteiger charge is -2.26. The van der Waals surface area contributed by atoms with Crippen LogP contribution in [0.2, 0.25) is 0 Å². The Kier molecular flexibility index (Phi) is 4.55. The zero-order valence-corrected chi connectivity index (χ0v) is 12.9. The van der Waals surface area contributed by atoms with Crippen LogP contribution in [0.15, 0.2) is 17.0 Å². The quantitative estimate of drug-likeness (QED) is 0.914. The number of hydrogen-bond acceptors (Lipinski definition) is 5. The van der Waals surface area contributed by atoms with Gasteiger partial charge in [0.05, 0.1) is 14.2 Å². The number of nitrogens with one attached hydrogen (secondary N) is 1. The Hall–Kier alpha value is -1.27. The summed E-state index contributed by atoms with van der Waals surface area (Å²) in [6, 6.07) is 3.47. The van der Waals surface area contributed by atoms with Crippen LogP contribution in [0.25, 0.3) is 0 Å². The van der Waals surface area contributed by atoms with Gasteiger partial charge in [0.2, 0.25) is 0 Å². The van der Waals surface area contributed by atoms with Gasteiger partial charge in [0.1, 0.15) is 4.90 Å². The van der Waals surface area contributed by atoms with Gasteiger partial charge in [-0.3, -0.25) is 0 Å². The van der Waals surface area contributed by atoms with Gasteiger partial charge in [0.15, 0.2) is 21.3 Å². The van der Waals surface area contributed by atoms with Crippen LogP contribution in [0.3, 0.4) is 0 Å². The second-order valence-corrected chi connectivity index (χ2v) is 7.00. The zero-order chi connectivity index (χ0) is 14.8. The third-order valence-corrected chi connectivity index (χ3v) is 4.81. The minimum Gasteiger partial charge on any atom is -0.493 e. The first-order valence-electron chi connectivity index (χ1n) is 6.64. The van der Waals surface area contributed by atoms with Crippen LogP contribution in [0.1, 0.15) is 24.3 Å². The minimum absolute atomic E-state index is 0.175. The van der Waals surface area contributed by atoms with Crippen molar-refractivity contribution >= 4 is 9.84 Å². The van der Waals surface area contributed by atoms with E-state index in [0.717, 1.165) is 31.5 Å². The number of sulfone groups is 1. The molecule has 1 aromatic carbocycles. The number of methoxy groups -OCH3 is 2. The Bertz CT molecular complexity index is 577. The van der Waals surface area contributed by atoms with Crippen molar-refractivity contribution < 1.29 is 17.9 Å². The maximum Gasteiger partial charge on any atom is 0.179 e. The smallest absolute Gasteiger partial charge is 0.179 e. The lowest BCUT2D eigenvalue weighted by Crippen LogP contribution is -2.27. The normalized spacial score (nSPS) is 16.9. The molecule has 0 unspecified atom stereocenters. The largest absolute Gasteiger partial charge is 0.493 e. The molecule has 1 fully saturated rings. The van der Waals surface area contributed by atoms with Gasteiger partial charge in [-0.1, -0.05) is 6.07 Å². The summed E-state index contributed by atoms with van der Waals surface area (Å²) in [6.07, 6.45) is 3.20. The lowest BCUT2D eigenvalue weighted by atomic mass is 9.89. The average molecular weight is 299 g/mol. The van der Waals surface area contributed by atoms with E-state index < -0.39 is 9.84 Å². The highest BCUT2D eigenvalue weighted by atomic mass is 32.2. The molecule has 0 saturated carbocycles. The summed E-state index contributed by atoms with van der Waals surface area (Å²) in [7, 11) is -0.322. The third-order valence-electron chi connectivity index (χ3n) is 3.69. The molecular weight excluding hydrogens is 278 g/mol. The first kappa shape index (κ1) is 15.1. The molecule has 1 aliphatic heterocycles. The van der Waals surface area contributed by atoms with Gasteiger partial charge < -0.3 is 14.8 Å². The molecule has 0 spiro atoms. The van der Waals surface area contributed by atoms with Crippen molar-refractivity contribution in [1.82, 2.24) is 5.32 Å². The molecule has 20 heavy (non-hydrogen) atoms. The van der Waals surface area contributed by atoms with Crippen molar-refractivity contribution in [1.29, 1.82) is 0 Å². The fourth-order valence-corrected chi connectivity index (χ4v) is 3.54. The van der Waals surface area contributed by atoms with Crippen LogP contribution in [0.5, 0.6) is 11.5 Å². The molecule has 0 atom stereocenters. The maximum absolute atomic E-state index is 11.8. The minimum atomic E-state index is -3.34. The molecule has 1 heterocycles. The lowest BCUT2D eigenvalue weighted by molar-refractivity contribution is 0.337. The third kappa shape index (κ3) is 2.91. The van der Waals surface area contributed by atoms with E-state index in [-0.39, 0.29) is 4.90 Å². The molecule has 0 aliphatic carbocycles. The number of rotatable bonds is 4. The van der Waals surface area contributed by atoms with Crippen molar-refractivity contribution in [2.45, 2.75) is 23.7 Å². The van der Waals surface area contributed by atoms with Gasteiger partial charge in [-0.05, 0) is 37.9 Å². The summed E-state index contributed by atoms with van der Waals surface area (Å²) in [5, 5.41) is 3.32. The average Bonchev–Trinajstić information content (AvgIpc) is 2.45. The van der Waals surface area contributed by atoms with Crippen molar-refractivity contribution in [2.75, 3.05) is 33.6 Å². The van der Waals surface area contributed by atoms with E-state index >= 15 is 0 Å². The van der Waals surface area contributed by atoms with Gasteiger partial charge in [-0.25, -0.2) is 8.42 Å². The standard InChI is InChI=1S/C14H21NO4S/c1-18-13-11(10-6-8-15-9-7-10)4-5-12(14(13)19-2)20(3,16)17/h4-5,10,15H,6-9H2,1-3H3. The maximum atomic E-state index is 11.8. The number of ether oxygens (including phenoxy) is 2. The molecule has 0 aromatic heterocycles. The predicted octanol–water partition coefficient (Wildman–Crippen LogP) is 1.57. The highest BCUT2D eigenvalue weighted by Gasteiger charge is 2.26. The molecule has 6 heteroatoms. The van der Waals surface area contributed by atoms with Crippen LogP contribution in [-0.4, -0.2) is 42.0 Å². The Morgan fingerprint density at radius 1 is 1.10 bits per heavy atom. The van der Waals surface area contributed by atoms with Crippen LogP contribution in [0, 0.1) is 0 Å². The van der Waals surface area contributed by atoms with Gasteiger partial charge in [0, 0.05) is 11.8 Å². The van der Waals surface area contributed by atoms with Crippen molar-refractivity contribution in [3.05, 3.63) is 17.7 Å². The van der Waals surface area contributed by atoms with Gasteiger partial charge >= 0.3 is 0 Å². The van der Waals surface area contributed by atoms with Gasteiger partial charge in [-0.2, -0.15) is 0 Å². The predicted molar refractivity (Wildman–Crippen MR) is 77.5 cm³/mol. The van der Waals surface area contributed by atoms with Gasteiger partial charge in [0.25, 0.3) is 0 Å². The highest BCUT2D eigenvalue weighted by Crippen LogP contribution is 2.42. The molecule has 0 bridgehead atoms. The summed E-state index contributed by atoms with van der Waals surface area (Å²) in [6.45, 7) is 1.92. The second kappa shape index (κ2) is 6.01. The molecular formula is C14H21NO4S. The summed E-state index contributed by atoms with van der Waals surface area (Å²) >= 11 is 0. The number of piperidine rings is 1. The summed E-state index contributed by atoms with van der Waals surface area (Å²) in [5.41, 5.74) is 1.03. The van der Waals surface area contributed by atoms with E-state index in [4.69, 9.17) is 9.47 Å². The number of hydrogen-bond donors (Lipinski definition) is 1. The molecule has 0 radical (unpaired) electrons. The molecule has 0 amide bonds. The Labute approximate surface area is 120 Å². The van der Waals surface area contributed by atoms with Crippen molar-refractivity contribution in [2.24, 2.45) is 0 Å². The fraction of sp³-hybridized carbons (Fsp3) is 0.571. The molecule has 1 aliphatic rings. The first-order valence-corrected chi connectivity index (χ1v) is 8.53. The Balaban J connectivity index is 2.54. The van der Waals surface area contributed by atoms with E-state index in [9.17, 15) is 8.42 Å². The monoisotopic (exact) mass is 299 g/mol. The summed E-state index contributed by atoms with van der Waals surface area (Å²) in [5.74, 6) is 1.22. The summed E-state index contributed by atoms with van der Waals surface area (Å²) < 4.78 is 34.4. The van der Waals surface area contributed by atoms with E-state index in [0.29, 0.717) is 17.4 Å².